The van der Waals surface area contributed by atoms with Crippen LogP contribution in [0, 0.1) is 13.8 Å². The molecule has 0 unspecified atom stereocenters. The summed E-state index contributed by atoms with van der Waals surface area (Å²) in [5.41, 5.74) is 1.05. The summed E-state index contributed by atoms with van der Waals surface area (Å²) in [6, 6.07) is 4.28. The molecule has 0 spiro atoms. The van der Waals surface area contributed by atoms with Gasteiger partial charge < -0.3 is 14.5 Å². The van der Waals surface area contributed by atoms with Gasteiger partial charge in [0.2, 0.25) is 5.91 Å². The number of rotatable bonds is 7. The van der Waals surface area contributed by atoms with E-state index in [1.165, 1.54) is 12.1 Å². The van der Waals surface area contributed by atoms with Gasteiger partial charge in [-0.1, -0.05) is 17.3 Å². The minimum atomic E-state index is -4.45. The highest BCUT2D eigenvalue weighted by Gasteiger charge is 2.30. The highest BCUT2D eigenvalue weighted by atomic mass is 19.4. The van der Waals surface area contributed by atoms with Crippen molar-refractivity contribution in [3.05, 3.63) is 52.4 Å². The molecular formula is C18H19F3N2O4. The van der Waals surface area contributed by atoms with E-state index in [0.29, 0.717) is 23.4 Å². The van der Waals surface area contributed by atoms with Crippen LogP contribution in [-0.2, 0) is 28.7 Å². The minimum absolute atomic E-state index is 0.0385. The lowest BCUT2D eigenvalue weighted by atomic mass is 10.1. The first-order valence-corrected chi connectivity index (χ1v) is 8.15. The number of carboxylic acid groups (broad SMARTS) is 1. The number of hydrogen-bond acceptors (Lipinski definition) is 4. The molecule has 27 heavy (non-hydrogen) atoms. The van der Waals surface area contributed by atoms with Crippen LogP contribution < -0.4 is 0 Å². The Balaban J connectivity index is 2.07. The van der Waals surface area contributed by atoms with Crippen molar-refractivity contribution in [2.24, 2.45) is 0 Å². The van der Waals surface area contributed by atoms with Crippen LogP contribution in [0.4, 0.5) is 13.2 Å². The molecule has 1 aromatic carbocycles. The fraction of sp³-hybridized carbons (Fsp3) is 0.389. The van der Waals surface area contributed by atoms with E-state index in [1.807, 2.05) is 0 Å². The van der Waals surface area contributed by atoms with Crippen LogP contribution in [-0.4, -0.2) is 33.6 Å². The summed E-state index contributed by atoms with van der Waals surface area (Å²) in [6.45, 7) is 2.83. The fourth-order valence-electron chi connectivity index (χ4n) is 2.66. The zero-order valence-electron chi connectivity index (χ0n) is 14.8. The van der Waals surface area contributed by atoms with Crippen molar-refractivity contribution in [1.82, 2.24) is 10.1 Å². The number of nitrogens with zero attached hydrogens (tertiary/aromatic N) is 2. The Labute approximate surface area is 153 Å². The average molecular weight is 384 g/mol. The summed E-state index contributed by atoms with van der Waals surface area (Å²) in [7, 11) is 0. The van der Waals surface area contributed by atoms with E-state index < -0.39 is 30.2 Å². The molecule has 2 rings (SSSR count). The van der Waals surface area contributed by atoms with Gasteiger partial charge in [0.15, 0.2) is 0 Å². The van der Waals surface area contributed by atoms with E-state index in [0.717, 1.165) is 22.6 Å². The van der Waals surface area contributed by atoms with Crippen molar-refractivity contribution in [2.45, 2.75) is 39.4 Å². The molecule has 0 fully saturated rings. The van der Waals surface area contributed by atoms with Crippen molar-refractivity contribution in [1.29, 1.82) is 0 Å². The first-order chi connectivity index (χ1) is 12.6. The van der Waals surface area contributed by atoms with Gasteiger partial charge in [-0.3, -0.25) is 9.59 Å². The predicted molar refractivity (Wildman–Crippen MR) is 88.8 cm³/mol. The number of carbonyl (C=O) groups is 2. The van der Waals surface area contributed by atoms with Crippen LogP contribution >= 0.6 is 0 Å². The first kappa shape index (κ1) is 20.5. The normalized spacial score (nSPS) is 11.4. The highest BCUT2D eigenvalue weighted by Crippen LogP contribution is 2.29. The lowest BCUT2D eigenvalue weighted by molar-refractivity contribution is -0.144. The number of amides is 1. The van der Waals surface area contributed by atoms with Crippen molar-refractivity contribution in [3.8, 4) is 0 Å². The van der Waals surface area contributed by atoms with Crippen LogP contribution in [0.1, 0.15) is 34.6 Å². The van der Waals surface area contributed by atoms with E-state index >= 15 is 0 Å². The number of alkyl halides is 3. The van der Waals surface area contributed by atoms with Gasteiger partial charge in [-0.05, 0) is 38.0 Å². The SMILES string of the molecule is Cc1noc(C)c1CCC(=O)N(CC(=O)O)Cc1ccc(C(F)(F)F)cc1. The Hall–Kier alpha value is -2.84. The van der Waals surface area contributed by atoms with Crippen molar-refractivity contribution in [2.75, 3.05) is 6.54 Å². The molecule has 0 aliphatic heterocycles. The van der Waals surface area contributed by atoms with Crippen LogP contribution in [0.15, 0.2) is 28.8 Å². The molecule has 0 bridgehead atoms. The lowest BCUT2D eigenvalue weighted by Gasteiger charge is -2.21. The number of benzene rings is 1. The molecule has 1 amide bonds. The van der Waals surface area contributed by atoms with Gasteiger partial charge in [0, 0.05) is 18.5 Å². The number of carbonyl (C=O) groups excluding carboxylic acids is 1. The summed E-state index contributed by atoms with van der Waals surface area (Å²) >= 11 is 0. The van der Waals surface area contributed by atoms with Crippen molar-refractivity contribution >= 4 is 11.9 Å². The Bertz CT molecular complexity index is 794. The summed E-state index contributed by atoms with van der Waals surface area (Å²) in [5, 5.41) is 12.8. The Kier molecular flexibility index (Phi) is 6.24. The largest absolute Gasteiger partial charge is 0.480 e. The molecule has 0 radical (unpaired) electrons. The smallest absolute Gasteiger partial charge is 0.416 e. The van der Waals surface area contributed by atoms with Gasteiger partial charge in [-0.2, -0.15) is 13.2 Å². The molecule has 1 aromatic heterocycles. The Morgan fingerprint density at radius 3 is 2.30 bits per heavy atom. The number of carboxylic acids is 1. The molecule has 0 saturated carbocycles. The molecule has 9 heteroatoms. The third-order valence-corrected chi connectivity index (χ3v) is 4.10. The molecule has 2 aromatic rings. The Morgan fingerprint density at radius 2 is 1.81 bits per heavy atom. The van der Waals surface area contributed by atoms with Crippen molar-refractivity contribution in [3.63, 3.8) is 0 Å². The maximum absolute atomic E-state index is 12.6. The number of halogens is 3. The van der Waals surface area contributed by atoms with E-state index in [-0.39, 0.29) is 13.0 Å². The van der Waals surface area contributed by atoms with Crippen LogP contribution in [0.5, 0.6) is 0 Å². The zero-order chi connectivity index (χ0) is 20.2. The molecule has 0 aliphatic carbocycles. The quantitative estimate of drug-likeness (QED) is 0.791. The number of aromatic nitrogens is 1. The molecule has 0 atom stereocenters. The maximum atomic E-state index is 12.6. The average Bonchev–Trinajstić information content (AvgIpc) is 2.89. The van der Waals surface area contributed by atoms with Gasteiger partial charge in [-0.15, -0.1) is 0 Å². The number of hydrogen-bond donors (Lipinski definition) is 1. The van der Waals surface area contributed by atoms with E-state index in [4.69, 9.17) is 9.63 Å². The second-order valence-corrected chi connectivity index (χ2v) is 6.14. The molecule has 146 valence electrons. The Morgan fingerprint density at radius 1 is 1.19 bits per heavy atom. The van der Waals surface area contributed by atoms with Gasteiger partial charge in [-0.25, -0.2) is 0 Å². The summed E-state index contributed by atoms with van der Waals surface area (Å²) < 4.78 is 42.9. The molecular weight excluding hydrogens is 365 g/mol. The summed E-state index contributed by atoms with van der Waals surface area (Å²) in [6.07, 6.45) is -4.08. The monoisotopic (exact) mass is 384 g/mol. The maximum Gasteiger partial charge on any atom is 0.416 e. The third-order valence-electron chi connectivity index (χ3n) is 4.10. The number of aliphatic carboxylic acids is 1. The van der Waals surface area contributed by atoms with Gasteiger partial charge in [0.05, 0.1) is 11.3 Å². The minimum Gasteiger partial charge on any atom is -0.480 e. The molecule has 1 N–H and O–H groups in total. The topological polar surface area (TPSA) is 83.6 Å². The zero-order valence-corrected chi connectivity index (χ0v) is 14.8. The fourth-order valence-corrected chi connectivity index (χ4v) is 2.66. The van der Waals surface area contributed by atoms with Crippen LogP contribution in [0.2, 0.25) is 0 Å². The van der Waals surface area contributed by atoms with E-state index in [9.17, 15) is 22.8 Å². The lowest BCUT2D eigenvalue weighted by Crippen LogP contribution is -2.35. The highest BCUT2D eigenvalue weighted by molar-refractivity contribution is 5.81. The predicted octanol–water partition coefficient (Wildman–Crippen LogP) is 3.36. The summed E-state index contributed by atoms with van der Waals surface area (Å²) in [5.74, 6) is -1.03. The summed E-state index contributed by atoms with van der Waals surface area (Å²) in [4.78, 5) is 24.6. The van der Waals surface area contributed by atoms with E-state index in [1.54, 1.807) is 13.8 Å². The van der Waals surface area contributed by atoms with Gasteiger partial charge >= 0.3 is 12.1 Å². The standard InChI is InChI=1S/C18H19F3N2O4/c1-11-15(12(2)27-22-11)7-8-16(24)23(10-17(25)26)9-13-3-5-14(6-4-13)18(19,20)21/h3-6H,7-10H2,1-2H3,(H,25,26). The van der Waals surface area contributed by atoms with E-state index in [2.05, 4.69) is 5.16 Å². The molecule has 1 heterocycles. The van der Waals surface area contributed by atoms with Crippen molar-refractivity contribution < 1.29 is 32.4 Å². The second-order valence-electron chi connectivity index (χ2n) is 6.14. The van der Waals surface area contributed by atoms with Gasteiger partial charge in [0.1, 0.15) is 12.3 Å². The molecule has 6 nitrogen and oxygen atoms in total. The molecule has 0 saturated heterocycles. The van der Waals surface area contributed by atoms with Gasteiger partial charge in [0.25, 0.3) is 0 Å². The van der Waals surface area contributed by atoms with Crippen LogP contribution in [0.3, 0.4) is 0 Å². The van der Waals surface area contributed by atoms with Crippen LogP contribution in [0.25, 0.3) is 0 Å². The number of aryl methyl sites for hydroxylation is 2. The molecule has 0 aliphatic rings. The third kappa shape index (κ3) is 5.57. The second kappa shape index (κ2) is 8.24. The first-order valence-electron chi connectivity index (χ1n) is 8.15.